The highest BCUT2D eigenvalue weighted by Gasteiger charge is 2.19. The molecule has 0 spiro atoms. The van der Waals surface area contributed by atoms with Crippen LogP contribution in [0.3, 0.4) is 0 Å². The molecule has 0 saturated heterocycles. The molecule has 5 nitrogen and oxygen atoms in total. The minimum absolute atomic E-state index is 0.119. The van der Waals surface area contributed by atoms with E-state index in [1.807, 2.05) is 18.4 Å². The van der Waals surface area contributed by atoms with Gasteiger partial charge in [-0.1, -0.05) is 12.1 Å². The maximum Gasteiger partial charge on any atom is 0.265 e. The van der Waals surface area contributed by atoms with Gasteiger partial charge in [-0.25, -0.2) is 0 Å². The molecule has 128 valence electrons. The van der Waals surface area contributed by atoms with Gasteiger partial charge in [-0.05, 0) is 55.5 Å². The first kappa shape index (κ1) is 18.2. The Kier molecular flexibility index (Phi) is 5.75. The summed E-state index contributed by atoms with van der Waals surface area (Å²) in [6.07, 6.45) is 0.224. The van der Waals surface area contributed by atoms with E-state index in [0.717, 1.165) is 11.1 Å². The van der Waals surface area contributed by atoms with E-state index in [-0.39, 0.29) is 24.8 Å². The highest BCUT2D eigenvalue weighted by atomic mass is 32.1. The molecule has 2 amide bonds. The van der Waals surface area contributed by atoms with E-state index in [2.05, 4.69) is 10.6 Å². The van der Waals surface area contributed by atoms with Crippen LogP contribution in [0.4, 0.5) is 5.69 Å². The normalized spacial score (nSPS) is 11.2. The SMILES string of the molecule is Cc1csc(C(=O)Nc2ccc(CC(=O)NC(C)(C)CO)cc2)c1. The first-order valence-electron chi connectivity index (χ1n) is 7.66. The van der Waals surface area contributed by atoms with Crippen LogP contribution in [0.2, 0.25) is 0 Å². The van der Waals surface area contributed by atoms with Crippen molar-refractivity contribution in [3.8, 4) is 0 Å². The summed E-state index contributed by atoms with van der Waals surface area (Å²) in [6.45, 7) is 5.35. The summed E-state index contributed by atoms with van der Waals surface area (Å²) in [7, 11) is 0. The van der Waals surface area contributed by atoms with Gasteiger partial charge >= 0.3 is 0 Å². The largest absolute Gasteiger partial charge is 0.394 e. The van der Waals surface area contributed by atoms with E-state index in [9.17, 15) is 14.7 Å². The summed E-state index contributed by atoms with van der Waals surface area (Å²) in [5.41, 5.74) is 1.96. The lowest BCUT2D eigenvalue weighted by molar-refractivity contribution is -0.122. The van der Waals surface area contributed by atoms with Crippen molar-refractivity contribution in [2.24, 2.45) is 0 Å². The Morgan fingerprint density at radius 2 is 1.88 bits per heavy atom. The molecule has 2 rings (SSSR count). The van der Waals surface area contributed by atoms with Crippen LogP contribution in [-0.4, -0.2) is 29.1 Å². The van der Waals surface area contributed by atoms with Gasteiger partial charge in [-0.15, -0.1) is 11.3 Å². The number of benzene rings is 1. The average Bonchev–Trinajstić information content (AvgIpc) is 2.95. The molecule has 6 heteroatoms. The number of carbonyl (C=O) groups excluding carboxylic acids is 2. The molecule has 1 aromatic heterocycles. The minimum atomic E-state index is -0.635. The second-order valence-electron chi connectivity index (χ2n) is 6.41. The smallest absolute Gasteiger partial charge is 0.265 e. The number of carbonyl (C=O) groups is 2. The van der Waals surface area contributed by atoms with Gasteiger partial charge in [0.1, 0.15) is 0 Å². The number of aliphatic hydroxyl groups is 1. The molecule has 0 radical (unpaired) electrons. The molecule has 0 aliphatic rings. The topological polar surface area (TPSA) is 78.4 Å². The van der Waals surface area contributed by atoms with Crippen LogP contribution in [0.15, 0.2) is 35.7 Å². The van der Waals surface area contributed by atoms with Crippen LogP contribution in [0.25, 0.3) is 0 Å². The van der Waals surface area contributed by atoms with Crippen LogP contribution < -0.4 is 10.6 Å². The molecule has 1 aromatic carbocycles. The third-order valence-corrected chi connectivity index (χ3v) is 4.45. The van der Waals surface area contributed by atoms with Crippen molar-refractivity contribution in [2.75, 3.05) is 11.9 Å². The van der Waals surface area contributed by atoms with E-state index < -0.39 is 5.54 Å². The van der Waals surface area contributed by atoms with E-state index in [0.29, 0.717) is 10.6 Å². The lowest BCUT2D eigenvalue weighted by Gasteiger charge is -2.23. The number of aliphatic hydroxyl groups excluding tert-OH is 1. The van der Waals surface area contributed by atoms with Crippen molar-refractivity contribution < 1.29 is 14.7 Å². The fourth-order valence-electron chi connectivity index (χ4n) is 2.10. The number of thiophene rings is 1. The second kappa shape index (κ2) is 7.59. The zero-order valence-electron chi connectivity index (χ0n) is 14.1. The number of hydrogen-bond acceptors (Lipinski definition) is 4. The Morgan fingerprint density at radius 1 is 1.21 bits per heavy atom. The molecule has 0 aliphatic carbocycles. The van der Waals surface area contributed by atoms with Crippen molar-refractivity contribution in [1.82, 2.24) is 5.32 Å². The van der Waals surface area contributed by atoms with E-state index >= 15 is 0 Å². The predicted octanol–water partition coefficient (Wildman–Crippen LogP) is 2.74. The molecule has 2 aromatic rings. The maximum atomic E-state index is 12.1. The summed E-state index contributed by atoms with van der Waals surface area (Å²) < 4.78 is 0. The summed E-state index contributed by atoms with van der Waals surface area (Å²) in [5, 5.41) is 16.7. The standard InChI is InChI=1S/C18H22N2O3S/c1-12-8-15(24-10-12)17(23)19-14-6-4-13(5-7-14)9-16(22)20-18(2,3)11-21/h4-8,10,21H,9,11H2,1-3H3,(H,19,23)(H,20,22). The van der Waals surface area contributed by atoms with Crippen LogP contribution in [0.5, 0.6) is 0 Å². The maximum absolute atomic E-state index is 12.1. The van der Waals surface area contributed by atoms with Crippen molar-refractivity contribution in [3.05, 3.63) is 51.7 Å². The molecular formula is C18H22N2O3S. The van der Waals surface area contributed by atoms with Gasteiger partial charge in [-0.3, -0.25) is 9.59 Å². The van der Waals surface area contributed by atoms with Gasteiger partial charge in [-0.2, -0.15) is 0 Å². The quantitative estimate of drug-likeness (QED) is 0.752. The summed E-state index contributed by atoms with van der Waals surface area (Å²) >= 11 is 1.41. The number of nitrogens with one attached hydrogen (secondary N) is 2. The number of amides is 2. The first-order chi connectivity index (χ1) is 11.3. The molecular weight excluding hydrogens is 324 g/mol. The third-order valence-electron chi connectivity index (χ3n) is 3.40. The van der Waals surface area contributed by atoms with E-state index in [4.69, 9.17) is 0 Å². The number of hydrogen-bond donors (Lipinski definition) is 3. The van der Waals surface area contributed by atoms with Crippen LogP contribution in [0.1, 0.15) is 34.6 Å². The van der Waals surface area contributed by atoms with Crippen LogP contribution >= 0.6 is 11.3 Å². The first-order valence-corrected chi connectivity index (χ1v) is 8.54. The molecule has 0 aliphatic heterocycles. The molecule has 3 N–H and O–H groups in total. The van der Waals surface area contributed by atoms with E-state index in [1.54, 1.807) is 38.1 Å². The minimum Gasteiger partial charge on any atom is -0.394 e. The Bertz CT molecular complexity index is 720. The molecule has 0 atom stereocenters. The van der Waals surface area contributed by atoms with Gasteiger partial charge in [0.25, 0.3) is 5.91 Å². The Morgan fingerprint density at radius 3 is 2.42 bits per heavy atom. The van der Waals surface area contributed by atoms with Crippen molar-refractivity contribution in [1.29, 1.82) is 0 Å². The Hall–Kier alpha value is -2.18. The molecule has 0 fully saturated rings. The fraction of sp³-hybridized carbons (Fsp3) is 0.333. The summed E-state index contributed by atoms with van der Waals surface area (Å²) in [6, 6.07) is 9.01. The van der Waals surface area contributed by atoms with Crippen molar-refractivity contribution in [2.45, 2.75) is 32.7 Å². The van der Waals surface area contributed by atoms with Gasteiger partial charge in [0, 0.05) is 5.69 Å². The highest BCUT2D eigenvalue weighted by Crippen LogP contribution is 2.17. The van der Waals surface area contributed by atoms with Gasteiger partial charge in [0.05, 0.1) is 23.4 Å². The fourth-order valence-corrected chi connectivity index (χ4v) is 2.89. The Balaban J connectivity index is 1.93. The molecule has 0 saturated carbocycles. The van der Waals surface area contributed by atoms with Crippen LogP contribution in [-0.2, 0) is 11.2 Å². The third kappa shape index (κ3) is 5.18. The summed E-state index contributed by atoms with van der Waals surface area (Å²) in [4.78, 5) is 24.7. The predicted molar refractivity (Wildman–Crippen MR) is 96.5 cm³/mol. The molecule has 24 heavy (non-hydrogen) atoms. The number of aryl methyl sites for hydroxylation is 1. The zero-order valence-corrected chi connectivity index (χ0v) is 14.9. The number of rotatable bonds is 6. The second-order valence-corrected chi connectivity index (χ2v) is 7.32. The monoisotopic (exact) mass is 346 g/mol. The lowest BCUT2D eigenvalue weighted by Crippen LogP contribution is -2.46. The number of anilines is 1. The lowest BCUT2D eigenvalue weighted by atomic mass is 10.1. The molecule has 1 heterocycles. The highest BCUT2D eigenvalue weighted by molar-refractivity contribution is 7.12. The van der Waals surface area contributed by atoms with Gasteiger partial charge in [0.15, 0.2) is 0 Å². The summed E-state index contributed by atoms with van der Waals surface area (Å²) in [5.74, 6) is -0.289. The van der Waals surface area contributed by atoms with Gasteiger partial charge < -0.3 is 15.7 Å². The van der Waals surface area contributed by atoms with Crippen LogP contribution in [0, 0.1) is 6.92 Å². The Labute approximate surface area is 145 Å². The molecule has 0 unspecified atom stereocenters. The van der Waals surface area contributed by atoms with Crippen molar-refractivity contribution in [3.63, 3.8) is 0 Å². The zero-order chi connectivity index (χ0) is 17.7. The average molecular weight is 346 g/mol. The van der Waals surface area contributed by atoms with Gasteiger partial charge in [0.2, 0.25) is 5.91 Å². The molecule has 0 bridgehead atoms. The van der Waals surface area contributed by atoms with Crippen molar-refractivity contribution >= 4 is 28.8 Å². The van der Waals surface area contributed by atoms with E-state index in [1.165, 1.54) is 11.3 Å².